The van der Waals surface area contributed by atoms with Crippen molar-refractivity contribution in [3.8, 4) is 17.1 Å². The number of hydrogen-bond donors (Lipinski definition) is 0. The molecule has 0 radical (unpaired) electrons. The summed E-state index contributed by atoms with van der Waals surface area (Å²) in [5.41, 5.74) is 2.00. The number of nitrogens with zero attached hydrogens (tertiary/aromatic N) is 3. The van der Waals surface area contributed by atoms with Gasteiger partial charge in [0.2, 0.25) is 0 Å². The lowest BCUT2D eigenvalue weighted by Gasteiger charge is -2.03. The van der Waals surface area contributed by atoms with Crippen LogP contribution in [0.2, 0.25) is 0 Å². The molecule has 0 fully saturated rings. The summed E-state index contributed by atoms with van der Waals surface area (Å²) in [5, 5.41) is 3.79. The van der Waals surface area contributed by atoms with Crippen LogP contribution in [0.25, 0.3) is 17.1 Å². The predicted octanol–water partition coefficient (Wildman–Crippen LogP) is 2.84. The molecule has 0 saturated heterocycles. The van der Waals surface area contributed by atoms with Crippen LogP contribution < -0.4 is 0 Å². The van der Waals surface area contributed by atoms with Crippen molar-refractivity contribution in [1.29, 1.82) is 0 Å². The Morgan fingerprint density at radius 2 is 1.94 bits per heavy atom. The first-order valence-corrected chi connectivity index (χ1v) is 5.37. The first-order chi connectivity index (χ1) is 8.33. The standard InChI is InChI=1S/C13H11N3O/c1-10-14-13(17-15-10)11-5-4-6-12(9-11)16-7-2-3-8-16/h2-9H,1H3. The second kappa shape index (κ2) is 3.90. The van der Waals surface area contributed by atoms with Gasteiger partial charge in [-0.15, -0.1) is 0 Å². The topological polar surface area (TPSA) is 43.9 Å². The van der Waals surface area contributed by atoms with Gasteiger partial charge in [-0.1, -0.05) is 11.2 Å². The number of hydrogen-bond acceptors (Lipinski definition) is 3. The van der Waals surface area contributed by atoms with Crippen molar-refractivity contribution in [2.75, 3.05) is 0 Å². The van der Waals surface area contributed by atoms with Gasteiger partial charge >= 0.3 is 0 Å². The van der Waals surface area contributed by atoms with E-state index in [1.807, 2.05) is 60.3 Å². The van der Waals surface area contributed by atoms with E-state index in [1.54, 1.807) is 0 Å². The van der Waals surface area contributed by atoms with Crippen LogP contribution >= 0.6 is 0 Å². The Bertz CT molecular complexity index is 626. The Morgan fingerprint density at radius 1 is 1.12 bits per heavy atom. The summed E-state index contributed by atoms with van der Waals surface area (Å²) in [6, 6.07) is 12.0. The van der Waals surface area contributed by atoms with Gasteiger partial charge in [0.05, 0.1) is 0 Å². The van der Waals surface area contributed by atoms with Crippen molar-refractivity contribution in [3.63, 3.8) is 0 Å². The molecule has 2 aromatic heterocycles. The van der Waals surface area contributed by atoms with Crippen LogP contribution in [-0.2, 0) is 0 Å². The molecule has 0 atom stereocenters. The molecular formula is C13H11N3O. The minimum absolute atomic E-state index is 0.552. The van der Waals surface area contributed by atoms with Crippen molar-refractivity contribution in [2.24, 2.45) is 0 Å². The third kappa shape index (κ3) is 1.85. The molecule has 4 nitrogen and oxygen atoms in total. The normalized spacial score (nSPS) is 10.6. The molecule has 2 heterocycles. The highest BCUT2D eigenvalue weighted by Crippen LogP contribution is 2.20. The predicted molar refractivity (Wildman–Crippen MR) is 63.8 cm³/mol. The summed E-state index contributed by atoms with van der Waals surface area (Å²) >= 11 is 0. The molecule has 0 spiro atoms. The Morgan fingerprint density at radius 3 is 2.65 bits per heavy atom. The number of aryl methyl sites for hydroxylation is 1. The molecule has 0 aliphatic heterocycles. The van der Waals surface area contributed by atoms with Gasteiger partial charge in [0, 0.05) is 23.6 Å². The average molecular weight is 225 g/mol. The van der Waals surface area contributed by atoms with Crippen LogP contribution in [0.4, 0.5) is 0 Å². The summed E-state index contributed by atoms with van der Waals surface area (Å²) in [6.45, 7) is 1.81. The zero-order valence-corrected chi connectivity index (χ0v) is 9.37. The van der Waals surface area contributed by atoms with E-state index in [9.17, 15) is 0 Å². The Balaban J connectivity index is 2.05. The molecule has 0 aliphatic rings. The fourth-order valence-electron chi connectivity index (χ4n) is 1.72. The van der Waals surface area contributed by atoms with Crippen molar-refractivity contribution >= 4 is 0 Å². The summed E-state index contributed by atoms with van der Waals surface area (Å²) in [5.74, 6) is 1.20. The average Bonchev–Trinajstić information content (AvgIpc) is 3.00. The molecule has 4 heteroatoms. The highest BCUT2D eigenvalue weighted by atomic mass is 16.5. The van der Waals surface area contributed by atoms with Crippen molar-refractivity contribution in [1.82, 2.24) is 14.7 Å². The minimum atomic E-state index is 0.552. The van der Waals surface area contributed by atoms with Crippen molar-refractivity contribution in [3.05, 3.63) is 54.6 Å². The molecule has 0 aliphatic carbocycles. The van der Waals surface area contributed by atoms with E-state index in [-0.39, 0.29) is 0 Å². The Kier molecular flexibility index (Phi) is 2.26. The maximum Gasteiger partial charge on any atom is 0.257 e. The lowest BCUT2D eigenvalue weighted by molar-refractivity contribution is 0.425. The van der Waals surface area contributed by atoms with Gasteiger partial charge in [0.25, 0.3) is 5.89 Å². The summed E-state index contributed by atoms with van der Waals surface area (Å²) < 4.78 is 7.19. The largest absolute Gasteiger partial charge is 0.334 e. The number of benzene rings is 1. The molecule has 3 rings (SSSR count). The Hall–Kier alpha value is -2.36. The van der Waals surface area contributed by atoms with Gasteiger partial charge in [-0.05, 0) is 37.3 Å². The van der Waals surface area contributed by atoms with E-state index in [0.717, 1.165) is 11.3 Å². The minimum Gasteiger partial charge on any atom is -0.334 e. The fraction of sp³-hybridized carbons (Fsp3) is 0.0769. The van der Waals surface area contributed by atoms with Crippen LogP contribution in [0.3, 0.4) is 0 Å². The van der Waals surface area contributed by atoms with Crippen LogP contribution in [-0.4, -0.2) is 14.7 Å². The lowest BCUT2D eigenvalue weighted by Crippen LogP contribution is -1.89. The van der Waals surface area contributed by atoms with Gasteiger partial charge in [0.1, 0.15) is 0 Å². The summed E-state index contributed by atoms with van der Waals surface area (Å²) in [6.07, 6.45) is 4.00. The zero-order chi connectivity index (χ0) is 11.7. The maximum atomic E-state index is 5.15. The van der Waals surface area contributed by atoms with E-state index < -0.39 is 0 Å². The second-order valence-electron chi connectivity index (χ2n) is 3.79. The van der Waals surface area contributed by atoms with Crippen LogP contribution in [0.5, 0.6) is 0 Å². The molecule has 84 valence electrons. The van der Waals surface area contributed by atoms with E-state index in [1.165, 1.54) is 0 Å². The van der Waals surface area contributed by atoms with Crippen molar-refractivity contribution < 1.29 is 4.52 Å². The number of aromatic nitrogens is 3. The van der Waals surface area contributed by atoms with E-state index in [2.05, 4.69) is 10.1 Å². The molecular weight excluding hydrogens is 214 g/mol. The molecule has 17 heavy (non-hydrogen) atoms. The first-order valence-electron chi connectivity index (χ1n) is 5.37. The van der Waals surface area contributed by atoms with E-state index in [4.69, 9.17) is 4.52 Å². The Labute approximate surface area is 98.5 Å². The van der Waals surface area contributed by atoms with Crippen LogP contribution in [0.15, 0.2) is 53.3 Å². The molecule has 0 unspecified atom stereocenters. The van der Waals surface area contributed by atoms with Gasteiger partial charge in [-0.2, -0.15) is 4.98 Å². The first kappa shape index (κ1) is 9.84. The summed E-state index contributed by atoms with van der Waals surface area (Å²) in [7, 11) is 0. The molecule has 0 N–H and O–H groups in total. The third-order valence-corrected chi connectivity index (χ3v) is 2.52. The fourth-order valence-corrected chi connectivity index (χ4v) is 1.72. The zero-order valence-electron chi connectivity index (χ0n) is 9.37. The third-order valence-electron chi connectivity index (χ3n) is 2.52. The second-order valence-corrected chi connectivity index (χ2v) is 3.79. The monoisotopic (exact) mass is 225 g/mol. The van der Waals surface area contributed by atoms with E-state index >= 15 is 0 Å². The maximum absolute atomic E-state index is 5.15. The highest BCUT2D eigenvalue weighted by Gasteiger charge is 2.06. The van der Waals surface area contributed by atoms with Crippen molar-refractivity contribution in [2.45, 2.75) is 6.92 Å². The van der Waals surface area contributed by atoms with Crippen LogP contribution in [0.1, 0.15) is 5.82 Å². The number of rotatable bonds is 2. The smallest absolute Gasteiger partial charge is 0.257 e. The molecule has 3 aromatic rings. The quantitative estimate of drug-likeness (QED) is 0.673. The molecule has 0 bridgehead atoms. The SMILES string of the molecule is Cc1noc(-c2cccc(-n3cccc3)c2)n1. The van der Waals surface area contributed by atoms with Gasteiger partial charge < -0.3 is 9.09 Å². The molecule has 0 amide bonds. The highest BCUT2D eigenvalue weighted by molar-refractivity contribution is 5.57. The van der Waals surface area contributed by atoms with Gasteiger partial charge in [0.15, 0.2) is 5.82 Å². The molecule has 1 aromatic carbocycles. The van der Waals surface area contributed by atoms with Crippen LogP contribution in [0, 0.1) is 6.92 Å². The molecule has 0 saturated carbocycles. The lowest BCUT2D eigenvalue weighted by atomic mass is 10.2. The van der Waals surface area contributed by atoms with Gasteiger partial charge in [-0.25, -0.2) is 0 Å². The van der Waals surface area contributed by atoms with E-state index in [0.29, 0.717) is 11.7 Å². The van der Waals surface area contributed by atoms with Gasteiger partial charge in [-0.3, -0.25) is 0 Å². The summed E-state index contributed by atoms with van der Waals surface area (Å²) in [4.78, 5) is 4.22.